The highest BCUT2D eigenvalue weighted by atomic mass is 79.9. The molecule has 20 heavy (non-hydrogen) atoms. The van der Waals surface area contributed by atoms with Gasteiger partial charge in [-0.3, -0.25) is 0 Å². The summed E-state index contributed by atoms with van der Waals surface area (Å²) in [5, 5.41) is 5.55. The lowest BCUT2D eigenvalue weighted by atomic mass is 10.0. The molecule has 1 unspecified atom stereocenters. The Bertz CT molecular complexity index is 524. The van der Waals surface area contributed by atoms with Gasteiger partial charge in [0, 0.05) is 10.5 Å². The average Bonchev–Trinajstić information content (AvgIpc) is 2.89. The Morgan fingerprint density at radius 1 is 1.20 bits per heavy atom. The quantitative estimate of drug-likeness (QED) is 0.742. The van der Waals surface area contributed by atoms with Crippen molar-refractivity contribution in [3.8, 4) is 5.75 Å². The number of ether oxygens (including phenoxy) is 1. The molecular formula is C16H20BrNOS. The summed E-state index contributed by atoms with van der Waals surface area (Å²) in [5.74, 6) is 0.917. The monoisotopic (exact) mass is 353 g/mol. The van der Waals surface area contributed by atoms with Crippen molar-refractivity contribution < 1.29 is 4.74 Å². The third-order valence-corrected chi connectivity index (χ3v) is 5.10. The Balaban J connectivity index is 1.96. The maximum atomic E-state index is 5.82. The number of rotatable bonds is 7. The average molecular weight is 354 g/mol. The number of halogens is 1. The standard InChI is InChI=1S/C16H20BrNOS/c1-3-15(18-4-2)12-5-7-13(8-6-12)19-11-16-14(17)9-10-20-16/h5-10,15,18H,3-4,11H2,1-2H3. The molecule has 0 spiro atoms. The molecule has 0 saturated heterocycles. The van der Waals surface area contributed by atoms with Crippen LogP contribution in [0.4, 0.5) is 0 Å². The predicted octanol–water partition coefficient (Wildman–Crippen LogP) is 5.15. The topological polar surface area (TPSA) is 21.3 Å². The first-order chi connectivity index (χ1) is 9.74. The van der Waals surface area contributed by atoms with Gasteiger partial charge in [-0.15, -0.1) is 11.3 Å². The molecule has 0 aliphatic rings. The smallest absolute Gasteiger partial charge is 0.124 e. The van der Waals surface area contributed by atoms with Gasteiger partial charge < -0.3 is 10.1 Å². The first-order valence-electron chi connectivity index (χ1n) is 6.92. The fourth-order valence-corrected chi connectivity index (χ4v) is 3.50. The van der Waals surface area contributed by atoms with Gasteiger partial charge in [-0.2, -0.15) is 0 Å². The summed E-state index contributed by atoms with van der Waals surface area (Å²) in [4.78, 5) is 1.22. The highest BCUT2D eigenvalue weighted by molar-refractivity contribution is 9.10. The van der Waals surface area contributed by atoms with Crippen molar-refractivity contribution in [2.75, 3.05) is 6.54 Å². The first-order valence-corrected chi connectivity index (χ1v) is 8.59. The molecule has 1 N–H and O–H groups in total. The molecule has 0 fully saturated rings. The van der Waals surface area contributed by atoms with Crippen molar-refractivity contribution in [3.63, 3.8) is 0 Å². The number of thiophene rings is 1. The molecule has 2 aromatic rings. The lowest BCUT2D eigenvalue weighted by molar-refractivity contribution is 0.309. The third kappa shape index (κ3) is 4.08. The minimum absolute atomic E-state index is 0.431. The van der Waals surface area contributed by atoms with Crippen LogP contribution in [0, 0.1) is 0 Å². The summed E-state index contributed by atoms with van der Waals surface area (Å²) < 4.78 is 6.94. The molecule has 108 valence electrons. The van der Waals surface area contributed by atoms with E-state index in [1.165, 1.54) is 10.4 Å². The molecule has 0 radical (unpaired) electrons. The van der Waals surface area contributed by atoms with Gasteiger partial charge in [0.15, 0.2) is 0 Å². The second-order valence-corrected chi connectivity index (χ2v) is 6.42. The summed E-state index contributed by atoms with van der Waals surface area (Å²) >= 11 is 5.22. The molecule has 1 atom stereocenters. The number of hydrogen-bond acceptors (Lipinski definition) is 3. The van der Waals surface area contributed by atoms with Crippen LogP contribution in [0.2, 0.25) is 0 Å². The summed E-state index contributed by atoms with van der Waals surface area (Å²) in [5.41, 5.74) is 1.32. The molecule has 0 amide bonds. The van der Waals surface area contributed by atoms with Crippen molar-refractivity contribution in [2.45, 2.75) is 32.9 Å². The Kier molecular flexibility index (Phi) is 6.07. The number of hydrogen-bond donors (Lipinski definition) is 1. The van der Waals surface area contributed by atoms with E-state index in [-0.39, 0.29) is 0 Å². The molecule has 1 aromatic carbocycles. The van der Waals surface area contributed by atoms with Gasteiger partial charge in [-0.25, -0.2) is 0 Å². The SMILES string of the molecule is CCNC(CC)c1ccc(OCc2sccc2Br)cc1. The van der Waals surface area contributed by atoms with Crippen LogP contribution in [0.15, 0.2) is 40.2 Å². The molecule has 1 heterocycles. The van der Waals surface area contributed by atoms with Crippen molar-refractivity contribution in [3.05, 3.63) is 50.6 Å². The van der Waals surface area contributed by atoms with E-state index in [1.54, 1.807) is 11.3 Å². The van der Waals surface area contributed by atoms with Crippen LogP contribution in [0.25, 0.3) is 0 Å². The number of nitrogens with one attached hydrogen (secondary N) is 1. The molecule has 2 rings (SSSR count). The highest BCUT2D eigenvalue weighted by Crippen LogP contribution is 2.25. The van der Waals surface area contributed by atoms with Gasteiger partial charge in [0.05, 0.1) is 4.88 Å². The molecule has 0 saturated carbocycles. The van der Waals surface area contributed by atoms with Gasteiger partial charge in [-0.05, 0) is 58.0 Å². The zero-order chi connectivity index (χ0) is 14.4. The molecule has 1 aromatic heterocycles. The summed E-state index contributed by atoms with van der Waals surface area (Å²) in [6.45, 7) is 5.94. The minimum atomic E-state index is 0.431. The van der Waals surface area contributed by atoms with Crippen molar-refractivity contribution in [2.24, 2.45) is 0 Å². The van der Waals surface area contributed by atoms with Crippen LogP contribution < -0.4 is 10.1 Å². The molecule has 0 bridgehead atoms. The Hall–Kier alpha value is -0.840. The largest absolute Gasteiger partial charge is 0.488 e. The second kappa shape index (κ2) is 7.81. The maximum Gasteiger partial charge on any atom is 0.124 e. The zero-order valence-corrected chi connectivity index (χ0v) is 14.3. The maximum absolute atomic E-state index is 5.82. The van der Waals surface area contributed by atoms with Gasteiger partial charge in [0.25, 0.3) is 0 Å². The van der Waals surface area contributed by atoms with E-state index in [2.05, 4.69) is 70.8 Å². The van der Waals surface area contributed by atoms with E-state index in [4.69, 9.17) is 4.74 Å². The van der Waals surface area contributed by atoms with Gasteiger partial charge in [0.2, 0.25) is 0 Å². The normalized spacial score (nSPS) is 12.3. The Morgan fingerprint density at radius 2 is 1.95 bits per heavy atom. The van der Waals surface area contributed by atoms with E-state index < -0.39 is 0 Å². The van der Waals surface area contributed by atoms with Crippen LogP contribution in [-0.4, -0.2) is 6.54 Å². The fraction of sp³-hybridized carbons (Fsp3) is 0.375. The van der Waals surface area contributed by atoms with E-state index in [0.29, 0.717) is 12.6 Å². The van der Waals surface area contributed by atoms with E-state index in [0.717, 1.165) is 23.2 Å². The van der Waals surface area contributed by atoms with Crippen LogP contribution >= 0.6 is 27.3 Å². The van der Waals surface area contributed by atoms with Crippen LogP contribution in [0.1, 0.15) is 36.8 Å². The number of benzene rings is 1. The van der Waals surface area contributed by atoms with Crippen molar-refractivity contribution >= 4 is 27.3 Å². The van der Waals surface area contributed by atoms with Crippen LogP contribution in [-0.2, 0) is 6.61 Å². The molecule has 4 heteroatoms. The summed E-state index contributed by atoms with van der Waals surface area (Å²) in [6, 6.07) is 10.9. The van der Waals surface area contributed by atoms with Crippen molar-refractivity contribution in [1.82, 2.24) is 5.32 Å². The lowest BCUT2D eigenvalue weighted by Crippen LogP contribution is -2.19. The summed E-state index contributed by atoms with van der Waals surface area (Å²) in [7, 11) is 0. The van der Waals surface area contributed by atoms with Gasteiger partial charge in [-0.1, -0.05) is 26.0 Å². The van der Waals surface area contributed by atoms with Crippen LogP contribution in [0.5, 0.6) is 5.75 Å². The second-order valence-electron chi connectivity index (χ2n) is 4.57. The minimum Gasteiger partial charge on any atom is -0.488 e. The molecular weight excluding hydrogens is 334 g/mol. The predicted molar refractivity (Wildman–Crippen MR) is 89.5 cm³/mol. The molecule has 2 nitrogen and oxygen atoms in total. The van der Waals surface area contributed by atoms with Gasteiger partial charge >= 0.3 is 0 Å². The Morgan fingerprint density at radius 3 is 2.50 bits per heavy atom. The van der Waals surface area contributed by atoms with Crippen LogP contribution in [0.3, 0.4) is 0 Å². The zero-order valence-electron chi connectivity index (χ0n) is 11.9. The van der Waals surface area contributed by atoms with E-state index in [9.17, 15) is 0 Å². The van der Waals surface area contributed by atoms with E-state index in [1.807, 2.05) is 0 Å². The van der Waals surface area contributed by atoms with Crippen molar-refractivity contribution in [1.29, 1.82) is 0 Å². The lowest BCUT2D eigenvalue weighted by Gasteiger charge is -2.16. The van der Waals surface area contributed by atoms with E-state index >= 15 is 0 Å². The molecule has 0 aliphatic carbocycles. The third-order valence-electron chi connectivity index (χ3n) is 3.20. The summed E-state index contributed by atoms with van der Waals surface area (Å²) in [6.07, 6.45) is 1.09. The Labute approximate surface area is 133 Å². The fourth-order valence-electron chi connectivity index (χ4n) is 2.12. The highest BCUT2D eigenvalue weighted by Gasteiger charge is 2.08. The first kappa shape index (κ1) is 15.5. The molecule has 0 aliphatic heterocycles. The van der Waals surface area contributed by atoms with Gasteiger partial charge in [0.1, 0.15) is 12.4 Å².